The molecule has 0 bridgehead atoms. The molecule has 0 aliphatic carbocycles. The lowest BCUT2D eigenvalue weighted by atomic mass is 10.1. The second kappa shape index (κ2) is 8.22. The first-order valence-corrected chi connectivity index (χ1v) is 5.44. The zero-order valence-corrected chi connectivity index (χ0v) is 10.2. The third-order valence-corrected chi connectivity index (χ3v) is 2.08. The van der Waals surface area contributed by atoms with Crippen molar-refractivity contribution in [2.24, 2.45) is 0 Å². The summed E-state index contributed by atoms with van der Waals surface area (Å²) in [7, 11) is 0. The molecule has 0 radical (unpaired) electrons. The van der Waals surface area contributed by atoms with Crippen LogP contribution in [0.15, 0.2) is 47.4 Å². The Hall–Kier alpha value is -1.11. The van der Waals surface area contributed by atoms with Crippen molar-refractivity contribution < 1.29 is 4.39 Å². The van der Waals surface area contributed by atoms with Crippen LogP contribution in [0.25, 0.3) is 0 Å². The predicted molar refractivity (Wildman–Crippen MR) is 66.4 cm³/mol. The number of hydrogen-bond acceptors (Lipinski definition) is 0. The normalized spacial score (nSPS) is 15.1. The molecular weight excluding hydrogens is 187 g/mol. The average molecular weight is 208 g/mol. The standard InChI is InChI=1S/C14H21F/c1-5-8-9-13(6-2)10-12(4)11-14(15)7-3/h6-9,11H,5,10H2,1-4H3/b9-8-,12-11-,13-6-,14-7+. The molecule has 0 unspecified atom stereocenters. The molecule has 0 aromatic rings. The van der Waals surface area contributed by atoms with Gasteiger partial charge in [0.15, 0.2) is 0 Å². The fraction of sp³-hybridized carbons (Fsp3) is 0.429. The van der Waals surface area contributed by atoms with Crippen molar-refractivity contribution in [2.45, 2.75) is 40.5 Å². The minimum atomic E-state index is -0.164. The molecule has 0 saturated carbocycles. The Kier molecular flexibility index (Phi) is 7.61. The monoisotopic (exact) mass is 208 g/mol. The second-order valence-corrected chi connectivity index (χ2v) is 3.52. The van der Waals surface area contributed by atoms with Gasteiger partial charge in [0.1, 0.15) is 5.83 Å². The van der Waals surface area contributed by atoms with Gasteiger partial charge in [0, 0.05) is 0 Å². The van der Waals surface area contributed by atoms with Gasteiger partial charge < -0.3 is 0 Å². The van der Waals surface area contributed by atoms with E-state index >= 15 is 0 Å². The quantitative estimate of drug-likeness (QED) is 0.551. The summed E-state index contributed by atoms with van der Waals surface area (Å²) < 4.78 is 12.9. The summed E-state index contributed by atoms with van der Waals surface area (Å²) in [5, 5.41) is 0. The van der Waals surface area contributed by atoms with Gasteiger partial charge >= 0.3 is 0 Å². The van der Waals surface area contributed by atoms with E-state index < -0.39 is 0 Å². The summed E-state index contributed by atoms with van der Waals surface area (Å²) in [6.45, 7) is 7.76. The number of rotatable bonds is 5. The fourth-order valence-corrected chi connectivity index (χ4v) is 1.22. The minimum Gasteiger partial charge on any atom is -0.207 e. The van der Waals surface area contributed by atoms with Crippen molar-refractivity contribution in [3.8, 4) is 0 Å². The van der Waals surface area contributed by atoms with Crippen LogP contribution >= 0.6 is 0 Å². The van der Waals surface area contributed by atoms with Crippen LogP contribution in [0, 0.1) is 0 Å². The molecule has 0 aromatic heterocycles. The smallest absolute Gasteiger partial charge is 0.118 e. The summed E-state index contributed by atoms with van der Waals surface area (Å²) in [6, 6.07) is 0. The van der Waals surface area contributed by atoms with Gasteiger partial charge in [-0.05, 0) is 45.3 Å². The summed E-state index contributed by atoms with van der Waals surface area (Å²) in [6.07, 6.45) is 11.2. The van der Waals surface area contributed by atoms with Gasteiger partial charge in [0.05, 0.1) is 0 Å². The maximum Gasteiger partial charge on any atom is 0.118 e. The van der Waals surface area contributed by atoms with Crippen LogP contribution in [0.2, 0.25) is 0 Å². The first-order valence-electron chi connectivity index (χ1n) is 5.44. The molecule has 0 saturated heterocycles. The van der Waals surface area contributed by atoms with Gasteiger partial charge in [-0.15, -0.1) is 0 Å². The largest absolute Gasteiger partial charge is 0.207 e. The molecule has 15 heavy (non-hydrogen) atoms. The molecular formula is C14H21F. The molecule has 0 aliphatic heterocycles. The summed E-state index contributed by atoms with van der Waals surface area (Å²) in [4.78, 5) is 0. The summed E-state index contributed by atoms with van der Waals surface area (Å²) >= 11 is 0. The third-order valence-electron chi connectivity index (χ3n) is 2.08. The maximum atomic E-state index is 12.9. The highest BCUT2D eigenvalue weighted by atomic mass is 19.1. The van der Waals surface area contributed by atoms with Crippen LogP contribution in [-0.4, -0.2) is 0 Å². The van der Waals surface area contributed by atoms with Crippen molar-refractivity contribution in [2.75, 3.05) is 0 Å². The highest BCUT2D eigenvalue weighted by Crippen LogP contribution is 2.14. The van der Waals surface area contributed by atoms with Gasteiger partial charge in [-0.25, -0.2) is 4.39 Å². The lowest BCUT2D eigenvalue weighted by Gasteiger charge is -2.01. The lowest BCUT2D eigenvalue weighted by molar-refractivity contribution is 0.662. The Morgan fingerprint density at radius 2 is 1.87 bits per heavy atom. The van der Waals surface area contributed by atoms with E-state index in [2.05, 4.69) is 25.2 Å². The van der Waals surface area contributed by atoms with E-state index in [0.29, 0.717) is 0 Å². The summed E-state index contributed by atoms with van der Waals surface area (Å²) in [5.41, 5.74) is 2.27. The molecule has 0 aliphatic rings. The van der Waals surface area contributed by atoms with Crippen LogP contribution in [0.3, 0.4) is 0 Å². The maximum absolute atomic E-state index is 12.9. The average Bonchev–Trinajstić information content (AvgIpc) is 2.23. The molecule has 0 N–H and O–H groups in total. The van der Waals surface area contributed by atoms with Crippen molar-refractivity contribution in [1.29, 1.82) is 0 Å². The molecule has 0 amide bonds. The van der Waals surface area contributed by atoms with E-state index in [4.69, 9.17) is 0 Å². The van der Waals surface area contributed by atoms with Crippen molar-refractivity contribution >= 4 is 0 Å². The fourth-order valence-electron chi connectivity index (χ4n) is 1.22. The first kappa shape index (κ1) is 13.9. The van der Waals surface area contributed by atoms with Crippen LogP contribution in [-0.2, 0) is 0 Å². The number of allylic oxidation sites excluding steroid dienone is 8. The lowest BCUT2D eigenvalue weighted by Crippen LogP contribution is -1.82. The van der Waals surface area contributed by atoms with E-state index in [1.54, 1.807) is 13.0 Å². The highest BCUT2D eigenvalue weighted by Gasteiger charge is 1.95. The van der Waals surface area contributed by atoms with E-state index in [0.717, 1.165) is 18.4 Å². The molecule has 0 aromatic carbocycles. The van der Waals surface area contributed by atoms with Gasteiger partial charge in [-0.2, -0.15) is 0 Å². The van der Waals surface area contributed by atoms with Crippen molar-refractivity contribution in [1.82, 2.24) is 0 Å². The van der Waals surface area contributed by atoms with Gasteiger partial charge in [-0.3, -0.25) is 0 Å². The molecule has 0 nitrogen and oxygen atoms in total. The van der Waals surface area contributed by atoms with Crippen LogP contribution in [0.5, 0.6) is 0 Å². The van der Waals surface area contributed by atoms with Crippen molar-refractivity contribution in [3.05, 3.63) is 47.4 Å². The molecule has 0 spiro atoms. The van der Waals surface area contributed by atoms with Crippen LogP contribution < -0.4 is 0 Å². The topological polar surface area (TPSA) is 0 Å². The molecule has 84 valence electrons. The summed E-state index contributed by atoms with van der Waals surface area (Å²) in [5.74, 6) is -0.164. The van der Waals surface area contributed by atoms with Crippen LogP contribution in [0.4, 0.5) is 4.39 Å². The number of hydrogen-bond donors (Lipinski definition) is 0. The number of halogens is 1. The van der Waals surface area contributed by atoms with Crippen molar-refractivity contribution in [3.63, 3.8) is 0 Å². The van der Waals surface area contributed by atoms with Crippen LogP contribution in [0.1, 0.15) is 40.5 Å². The highest BCUT2D eigenvalue weighted by molar-refractivity contribution is 5.27. The Morgan fingerprint density at radius 3 is 2.33 bits per heavy atom. The SMILES string of the molecule is C/C=C(F)\C=C(\C)CC(/C=C\CC)=C\C. The molecule has 0 atom stereocenters. The second-order valence-electron chi connectivity index (χ2n) is 3.52. The molecule has 1 heteroatoms. The predicted octanol–water partition coefficient (Wildman–Crippen LogP) is 5.11. The molecule has 0 fully saturated rings. The minimum absolute atomic E-state index is 0.164. The molecule has 0 rings (SSSR count). The van der Waals surface area contributed by atoms with E-state index in [1.165, 1.54) is 11.6 Å². The van der Waals surface area contributed by atoms with Gasteiger partial charge in [0.25, 0.3) is 0 Å². The Balaban J connectivity index is 4.44. The van der Waals surface area contributed by atoms with E-state index in [1.807, 2.05) is 13.8 Å². The Bertz CT molecular complexity index is 290. The Labute approximate surface area is 92.9 Å². The Morgan fingerprint density at radius 1 is 1.20 bits per heavy atom. The van der Waals surface area contributed by atoms with E-state index in [-0.39, 0.29) is 5.83 Å². The first-order chi connectivity index (χ1) is 7.13. The van der Waals surface area contributed by atoms with Gasteiger partial charge in [0.2, 0.25) is 0 Å². The van der Waals surface area contributed by atoms with Gasteiger partial charge in [-0.1, -0.05) is 36.8 Å². The zero-order valence-electron chi connectivity index (χ0n) is 10.2. The van der Waals surface area contributed by atoms with E-state index in [9.17, 15) is 4.39 Å². The molecule has 0 heterocycles. The zero-order chi connectivity index (χ0) is 11.7. The third kappa shape index (κ3) is 6.89.